The van der Waals surface area contributed by atoms with Crippen LogP contribution < -0.4 is 10.6 Å². The summed E-state index contributed by atoms with van der Waals surface area (Å²) in [5, 5.41) is 35.1. The highest BCUT2D eigenvalue weighted by Crippen LogP contribution is 2.18. The quantitative estimate of drug-likeness (QED) is 0.474. The molecule has 0 aliphatic heterocycles. The second-order valence-electron chi connectivity index (χ2n) is 6.13. The number of nitriles is 2. The zero-order chi connectivity index (χ0) is 17.5. The van der Waals surface area contributed by atoms with Gasteiger partial charge in [-0.15, -0.1) is 0 Å². The van der Waals surface area contributed by atoms with Crippen molar-refractivity contribution < 1.29 is 4.92 Å². The number of nitro groups is 1. The van der Waals surface area contributed by atoms with Crippen LogP contribution in [0.2, 0.25) is 0 Å². The van der Waals surface area contributed by atoms with E-state index in [9.17, 15) is 20.6 Å². The Morgan fingerprint density at radius 1 is 1.17 bits per heavy atom. The third-order valence-corrected chi connectivity index (χ3v) is 2.91. The molecule has 0 saturated carbocycles. The normalized spacial score (nSPS) is 11.7. The van der Waals surface area contributed by atoms with Gasteiger partial charge in [0.25, 0.3) is 5.69 Å². The van der Waals surface area contributed by atoms with Crippen molar-refractivity contribution in [1.29, 1.82) is 10.5 Å². The van der Waals surface area contributed by atoms with Gasteiger partial charge in [-0.1, -0.05) is 39.0 Å². The molecule has 0 aromatic heterocycles. The first-order valence-electron chi connectivity index (χ1n) is 7.03. The average Bonchev–Trinajstić information content (AvgIpc) is 2.49. The summed E-state index contributed by atoms with van der Waals surface area (Å²) in [5.41, 5.74) is 0.550. The Morgan fingerprint density at radius 3 is 2.26 bits per heavy atom. The van der Waals surface area contributed by atoms with Crippen molar-refractivity contribution >= 4 is 5.69 Å². The van der Waals surface area contributed by atoms with Crippen molar-refractivity contribution in [2.24, 2.45) is 5.41 Å². The lowest BCUT2D eigenvalue weighted by atomic mass is 9.97. The van der Waals surface area contributed by atoms with Gasteiger partial charge in [-0.3, -0.25) is 10.1 Å². The molecule has 7 nitrogen and oxygen atoms in total. The van der Waals surface area contributed by atoms with Crippen molar-refractivity contribution in [2.75, 3.05) is 6.54 Å². The molecule has 0 saturated heterocycles. The monoisotopic (exact) mass is 313 g/mol. The lowest BCUT2D eigenvalue weighted by Crippen LogP contribution is -2.28. The Morgan fingerprint density at radius 2 is 1.74 bits per heavy atom. The number of nitrogens with zero attached hydrogens (tertiary/aromatic N) is 3. The second-order valence-corrected chi connectivity index (χ2v) is 6.13. The van der Waals surface area contributed by atoms with Crippen LogP contribution in [0.4, 0.5) is 5.69 Å². The number of para-hydroxylation sites is 1. The van der Waals surface area contributed by atoms with Crippen LogP contribution >= 0.6 is 0 Å². The van der Waals surface area contributed by atoms with E-state index in [-0.39, 0.29) is 29.0 Å². The fourth-order valence-electron chi connectivity index (χ4n) is 1.74. The fraction of sp³-hybridized carbons (Fsp3) is 0.375. The number of benzene rings is 1. The van der Waals surface area contributed by atoms with E-state index in [0.717, 1.165) is 0 Å². The molecule has 120 valence electrons. The van der Waals surface area contributed by atoms with Crippen LogP contribution in [-0.4, -0.2) is 11.5 Å². The minimum atomic E-state index is -0.476. The largest absolute Gasteiger partial charge is 0.374 e. The van der Waals surface area contributed by atoms with Crippen LogP contribution in [0.3, 0.4) is 0 Å². The molecule has 0 aliphatic rings. The highest BCUT2D eigenvalue weighted by atomic mass is 16.6. The van der Waals surface area contributed by atoms with Crippen molar-refractivity contribution in [2.45, 2.75) is 27.3 Å². The molecular weight excluding hydrogens is 294 g/mol. The summed E-state index contributed by atoms with van der Waals surface area (Å²) in [6.45, 7) is 6.61. The molecule has 2 N–H and O–H groups in total. The minimum Gasteiger partial charge on any atom is -0.374 e. The van der Waals surface area contributed by atoms with Gasteiger partial charge in [-0.25, -0.2) is 0 Å². The number of nitrogens with one attached hydrogen (secondary N) is 2. The lowest BCUT2D eigenvalue weighted by Gasteiger charge is -2.19. The summed E-state index contributed by atoms with van der Waals surface area (Å²) in [4.78, 5) is 10.5. The van der Waals surface area contributed by atoms with Crippen molar-refractivity contribution in [3.05, 3.63) is 51.3 Å². The number of allylic oxidation sites excluding steroid dienone is 2. The van der Waals surface area contributed by atoms with E-state index in [4.69, 9.17) is 0 Å². The maximum absolute atomic E-state index is 11.0. The van der Waals surface area contributed by atoms with Gasteiger partial charge in [0.1, 0.15) is 23.5 Å². The summed E-state index contributed by atoms with van der Waals surface area (Å²) < 4.78 is 0. The first kappa shape index (κ1) is 18.0. The van der Waals surface area contributed by atoms with E-state index in [0.29, 0.717) is 12.1 Å². The Labute approximate surface area is 135 Å². The molecule has 7 heteroatoms. The van der Waals surface area contributed by atoms with Crippen LogP contribution in [0.5, 0.6) is 0 Å². The van der Waals surface area contributed by atoms with Gasteiger partial charge in [0.2, 0.25) is 0 Å². The van der Waals surface area contributed by atoms with Crippen molar-refractivity contribution in [1.82, 2.24) is 10.6 Å². The number of hydrogen-bond donors (Lipinski definition) is 2. The van der Waals surface area contributed by atoms with Crippen molar-refractivity contribution in [3.8, 4) is 12.1 Å². The standard InChI is InChI=1S/C16H19N5O2/c1-16(2,3)11-20-14(9-18)13(8-17)19-10-12-6-4-5-7-15(12)21(22)23/h4-7,19-20H,10-11H2,1-3H3/b14-13-. The first-order chi connectivity index (χ1) is 10.8. The third kappa shape index (κ3) is 5.68. The Bertz CT molecular complexity index is 690. The summed E-state index contributed by atoms with van der Waals surface area (Å²) in [6, 6.07) is 10.1. The van der Waals surface area contributed by atoms with Crippen LogP contribution in [0.25, 0.3) is 0 Å². The zero-order valence-corrected chi connectivity index (χ0v) is 13.4. The third-order valence-electron chi connectivity index (χ3n) is 2.91. The zero-order valence-electron chi connectivity index (χ0n) is 13.4. The van der Waals surface area contributed by atoms with Crippen LogP contribution in [-0.2, 0) is 6.54 Å². The lowest BCUT2D eigenvalue weighted by molar-refractivity contribution is -0.385. The number of rotatable bonds is 6. The Balaban J connectivity index is 2.92. The Kier molecular flexibility index (Phi) is 6.11. The predicted molar refractivity (Wildman–Crippen MR) is 85.6 cm³/mol. The highest BCUT2D eigenvalue weighted by Gasteiger charge is 2.15. The van der Waals surface area contributed by atoms with Crippen LogP contribution in [0.15, 0.2) is 35.7 Å². The van der Waals surface area contributed by atoms with E-state index in [1.54, 1.807) is 18.2 Å². The van der Waals surface area contributed by atoms with E-state index < -0.39 is 4.92 Å². The Hall–Kier alpha value is -3.06. The predicted octanol–water partition coefficient (Wildman–Crippen LogP) is 2.58. The van der Waals surface area contributed by atoms with Crippen LogP contribution in [0.1, 0.15) is 26.3 Å². The van der Waals surface area contributed by atoms with Gasteiger partial charge in [0, 0.05) is 24.7 Å². The van der Waals surface area contributed by atoms with E-state index in [1.807, 2.05) is 32.9 Å². The summed E-state index contributed by atoms with van der Waals surface area (Å²) in [6.07, 6.45) is 0. The molecule has 1 aromatic carbocycles. The molecule has 0 amide bonds. The molecule has 0 fully saturated rings. The summed E-state index contributed by atoms with van der Waals surface area (Å²) >= 11 is 0. The summed E-state index contributed by atoms with van der Waals surface area (Å²) in [7, 11) is 0. The molecule has 0 spiro atoms. The van der Waals surface area contributed by atoms with Gasteiger partial charge in [-0.2, -0.15) is 10.5 Å². The van der Waals surface area contributed by atoms with Crippen molar-refractivity contribution in [3.63, 3.8) is 0 Å². The topological polar surface area (TPSA) is 115 Å². The molecule has 0 unspecified atom stereocenters. The second kappa shape index (κ2) is 7.81. The molecule has 0 aliphatic carbocycles. The maximum Gasteiger partial charge on any atom is 0.274 e. The van der Waals surface area contributed by atoms with E-state index in [2.05, 4.69) is 10.6 Å². The van der Waals surface area contributed by atoms with Gasteiger partial charge in [-0.05, 0) is 5.41 Å². The van der Waals surface area contributed by atoms with Gasteiger partial charge < -0.3 is 10.6 Å². The molecule has 23 heavy (non-hydrogen) atoms. The number of hydrogen-bond acceptors (Lipinski definition) is 6. The molecule has 0 bridgehead atoms. The minimum absolute atomic E-state index is 0.0292. The average molecular weight is 313 g/mol. The van der Waals surface area contributed by atoms with E-state index in [1.165, 1.54) is 6.07 Å². The molecule has 0 heterocycles. The fourth-order valence-corrected chi connectivity index (χ4v) is 1.74. The smallest absolute Gasteiger partial charge is 0.274 e. The van der Waals surface area contributed by atoms with Gasteiger partial charge in [0.05, 0.1) is 4.92 Å². The summed E-state index contributed by atoms with van der Waals surface area (Å²) in [5.74, 6) is 0. The van der Waals surface area contributed by atoms with E-state index >= 15 is 0 Å². The molecule has 0 atom stereocenters. The molecule has 1 aromatic rings. The molecule has 1 rings (SSSR count). The molecule has 0 radical (unpaired) electrons. The SMILES string of the molecule is CC(C)(C)CN/C(C#N)=C(/C#N)NCc1ccccc1[N+](=O)[O-]. The van der Waals surface area contributed by atoms with Crippen LogP contribution in [0, 0.1) is 38.2 Å². The highest BCUT2D eigenvalue weighted by molar-refractivity contribution is 5.41. The van der Waals surface area contributed by atoms with Gasteiger partial charge >= 0.3 is 0 Å². The maximum atomic E-state index is 11.0. The number of nitro benzene ring substituents is 1. The molecular formula is C16H19N5O2. The first-order valence-corrected chi connectivity index (χ1v) is 7.03. The van der Waals surface area contributed by atoms with Gasteiger partial charge in [0.15, 0.2) is 0 Å².